The number of hydrogen-bond acceptors (Lipinski definition) is 3. The van der Waals surface area contributed by atoms with Crippen molar-refractivity contribution in [1.82, 2.24) is 9.55 Å². The third-order valence-corrected chi connectivity index (χ3v) is 2.40. The van der Waals surface area contributed by atoms with Crippen molar-refractivity contribution in [2.75, 3.05) is 0 Å². The van der Waals surface area contributed by atoms with Gasteiger partial charge in [-0.15, -0.1) is 0 Å². The molecule has 2 aromatic heterocycles. The third-order valence-electron chi connectivity index (χ3n) is 2.40. The van der Waals surface area contributed by atoms with E-state index in [-0.39, 0.29) is 0 Å². The molecule has 0 spiro atoms. The second kappa shape index (κ2) is 4.12. The SMILES string of the molecule is Bc1cn(C(=O)OC(C)(C)C)c2ncc(F)cc12. The van der Waals surface area contributed by atoms with Gasteiger partial charge < -0.3 is 4.74 Å². The quantitative estimate of drug-likeness (QED) is 0.658. The molecule has 0 aliphatic rings. The number of fused-ring (bicyclic) bond motifs is 1. The van der Waals surface area contributed by atoms with E-state index in [4.69, 9.17) is 4.74 Å². The van der Waals surface area contributed by atoms with Crippen LogP contribution in [0, 0.1) is 5.82 Å². The van der Waals surface area contributed by atoms with E-state index in [0.29, 0.717) is 11.0 Å². The molecule has 0 atom stereocenters. The van der Waals surface area contributed by atoms with E-state index in [1.54, 1.807) is 34.8 Å². The van der Waals surface area contributed by atoms with Crippen LogP contribution in [0.2, 0.25) is 0 Å². The fraction of sp³-hybridized carbons (Fsp3) is 0.333. The summed E-state index contributed by atoms with van der Waals surface area (Å²) in [5.41, 5.74) is 0.604. The van der Waals surface area contributed by atoms with Crippen molar-refractivity contribution in [3.63, 3.8) is 0 Å². The number of pyridine rings is 1. The summed E-state index contributed by atoms with van der Waals surface area (Å²) in [4.78, 5) is 15.9. The largest absolute Gasteiger partial charge is 0.443 e. The Morgan fingerprint density at radius 1 is 1.50 bits per heavy atom. The van der Waals surface area contributed by atoms with E-state index >= 15 is 0 Å². The first-order valence-electron chi connectivity index (χ1n) is 5.64. The van der Waals surface area contributed by atoms with Crippen molar-refractivity contribution in [2.24, 2.45) is 0 Å². The first-order valence-corrected chi connectivity index (χ1v) is 5.64. The number of carbonyl (C=O) groups is 1. The highest BCUT2D eigenvalue weighted by molar-refractivity contribution is 6.39. The Hall–Kier alpha value is -1.85. The van der Waals surface area contributed by atoms with Crippen LogP contribution in [0.3, 0.4) is 0 Å². The molecule has 6 heteroatoms. The standard InChI is InChI=1S/C12H14BFN2O2/c1-12(2,3)18-11(17)16-6-9(13)8-4-7(14)5-15-10(8)16/h4-6H,13H2,1-3H3. The van der Waals surface area contributed by atoms with Crippen molar-refractivity contribution in [1.29, 1.82) is 0 Å². The summed E-state index contributed by atoms with van der Waals surface area (Å²) in [6, 6.07) is 1.36. The topological polar surface area (TPSA) is 44.1 Å². The molecule has 0 bridgehead atoms. The average Bonchev–Trinajstić information content (AvgIpc) is 2.54. The number of carbonyl (C=O) groups excluding carboxylic acids is 1. The Kier molecular flexibility index (Phi) is 2.88. The number of aromatic nitrogens is 2. The summed E-state index contributed by atoms with van der Waals surface area (Å²) in [6.07, 6.45) is 2.17. The number of ether oxygens (including phenoxy) is 1. The van der Waals surface area contributed by atoms with Gasteiger partial charge in [0, 0.05) is 11.6 Å². The van der Waals surface area contributed by atoms with Crippen LogP contribution < -0.4 is 5.46 Å². The zero-order chi connectivity index (χ0) is 13.5. The first kappa shape index (κ1) is 12.6. The summed E-state index contributed by atoms with van der Waals surface area (Å²) >= 11 is 0. The monoisotopic (exact) mass is 248 g/mol. The molecule has 0 radical (unpaired) electrons. The maximum atomic E-state index is 13.1. The smallest absolute Gasteiger partial charge is 0.420 e. The highest BCUT2D eigenvalue weighted by Crippen LogP contribution is 2.15. The predicted octanol–water partition coefficient (Wildman–Crippen LogP) is 1.22. The molecular weight excluding hydrogens is 234 g/mol. The van der Waals surface area contributed by atoms with Crippen LogP contribution in [-0.4, -0.2) is 29.1 Å². The number of nitrogens with zero attached hydrogens (tertiary/aromatic N) is 2. The van der Waals surface area contributed by atoms with Gasteiger partial charge >= 0.3 is 6.09 Å². The van der Waals surface area contributed by atoms with Crippen LogP contribution in [0.4, 0.5) is 9.18 Å². The zero-order valence-electron chi connectivity index (χ0n) is 10.8. The van der Waals surface area contributed by atoms with Crippen LogP contribution in [0.15, 0.2) is 18.5 Å². The highest BCUT2D eigenvalue weighted by Gasteiger charge is 2.20. The van der Waals surface area contributed by atoms with Gasteiger partial charge in [-0.3, -0.25) is 0 Å². The molecule has 0 saturated carbocycles. The molecule has 2 heterocycles. The van der Waals surface area contributed by atoms with Gasteiger partial charge in [-0.1, -0.05) is 5.46 Å². The number of rotatable bonds is 0. The molecule has 94 valence electrons. The normalized spacial score (nSPS) is 11.8. The summed E-state index contributed by atoms with van der Waals surface area (Å²) in [5, 5.41) is 0.612. The van der Waals surface area contributed by atoms with Crippen molar-refractivity contribution in [2.45, 2.75) is 26.4 Å². The Labute approximate surface area is 105 Å². The van der Waals surface area contributed by atoms with E-state index in [1.807, 2.05) is 0 Å². The maximum absolute atomic E-state index is 13.1. The van der Waals surface area contributed by atoms with Crippen molar-refractivity contribution < 1.29 is 13.9 Å². The van der Waals surface area contributed by atoms with Gasteiger partial charge in [0.05, 0.1) is 6.20 Å². The Balaban J connectivity index is 2.49. The van der Waals surface area contributed by atoms with E-state index in [2.05, 4.69) is 4.98 Å². The zero-order valence-corrected chi connectivity index (χ0v) is 10.8. The van der Waals surface area contributed by atoms with E-state index < -0.39 is 17.5 Å². The number of hydrogen-bond donors (Lipinski definition) is 0. The van der Waals surface area contributed by atoms with Gasteiger partial charge in [-0.05, 0) is 26.8 Å². The Morgan fingerprint density at radius 2 is 2.17 bits per heavy atom. The molecule has 0 saturated heterocycles. The highest BCUT2D eigenvalue weighted by atomic mass is 19.1. The minimum absolute atomic E-state index is 0.406. The van der Waals surface area contributed by atoms with Gasteiger partial charge in [0.25, 0.3) is 0 Å². The van der Waals surface area contributed by atoms with Crippen molar-refractivity contribution in [3.05, 3.63) is 24.3 Å². The summed E-state index contributed by atoms with van der Waals surface area (Å²) < 4.78 is 19.7. The molecule has 0 aliphatic carbocycles. The molecule has 0 aromatic carbocycles. The third kappa shape index (κ3) is 2.37. The lowest BCUT2D eigenvalue weighted by Crippen LogP contribution is -2.27. The fourth-order valence-corrected chi connectivity index (χ4v) is 1.69. The minimum Gasteiger partial charge on any atom is -0.443 e. The lowest BCUT2D eigenvalue weighted by Gasteiger charge is -2.19. The van der Waals surface area contributed by atoms with Gasteiger partial charge in [0.2, 0.25) is 0 Å². The fourth-order valence-electron chi connectivity index (χ4n) is 1.69. The van der Waals surface area contributed by atoms with Crippen molar-refractivity contribution in [3.8, 4) is 0 Å². The molecule has 2 aromatic rings. The molecule has 0 unspecified atom stereocenters. The molecule has 0 N–H and O–H groups in total. The molecular formula is C12H14BFN2O2. The lowest BCUT2D eigenvalue weighted by atomic mass is 9.97. The van der Waals surface area contributed by atoms with E-state index in [0.717, 1.165) is 11.7 Å². The number of halogens is 1. The van der Waals surface area contributed by atoms with Crippen LogP contribution >= 0.6 is 0 Å². The molecule has 4 nitrogen and oxygen atoms in total. The molecule has 0 aliphatic heterocycles. The molecule has 18 heavy (non-hydrogen) atoms. The molecule has 2 rings (SSSR count). The van der Waals surface area contributed by atoms with Gasteiger partial charge in [0.15, 0.2) is 0 Å². The second-order valence-electron chi connectivity index (χ2n) is 5.19. The predicted molar refractivity (Wildman–Crippen MR) is 69.5 cm³/mol. The molecule has 0 fully saturated rings. The second-order valence-corrected chi connectivity index (χ2v) is 5.19. The Morgan fingerprint density at radius 3 is 2.78 bits per heavy atom. The summed E-state index contributed by atoms with van der Waals surface area (Å²) in [5.74, 6) is -0.424. The average molecular weight is 248 g/mol. The first-order chi connectivity index (χ1) is 8.28. The lowest BCUT2D eigenvalue weighted by molar-refractivity contribution is 0.0544. The summed E-state index contributed by atoms with van der Waals surface area (Å²) in [7, 11) is 1.80. The van der Waals surface area contributed by atoms with Crippen LogP contribution in [0.25, 0.3) is 11.0 Å². The van der Waals surface area contributed by atoms with Gasteiger partial charge in [-0.25, -0.2) is 18.7 Å². The van der Waals surface area contributed by atoms with Gasteiger partial charge in [0.1, 0.15) is 24.9 Å². The summed E-state index contributed by atoms with van der Waals surface area (Å²) in [6.45, 7) is 5.36. The van der Waals surface area contributed by atoms with Crippen LogP contribution in [0.1, 0.15) is 20.8 Å². The Bertz CT molecular complexity index is 616. The minimum atomic E-state index is -0.582. The maximum Gasteiger partial charge on any atom is 0.420 e. The van der Waals surface area contributed by atoms with E-state index in [9.17, 15) is 9.18 Å². The van der Waals surface area contributed by atoms with Gasteiger partial charge in [-0.2, -0.15) is 0 Å². The van der Waals surface area contributed by atoms with E-state index in [1.165, 1.54) is 10.6 Å². The van der Waals surface area contributed by atoms with Crippen LogP contribution in [-0.2, 0) is 4.74 Å². The van der Waals surface area contributed by atoms with Crippen LogP contribution in [0.5, 0.6) is 0 Å². The van der Waals surface area contributed by atoms with Crippen molar-refractivity contribution >= 4 is 30.4 Å². The molecule has 0 amide bonds.